The zero-order valence-corrected chi connectivity index (χ0v) is 19.9. The molecule has 156 valence electrons. The molecular weight excluding hydrogens is 324 g/mol. The first-order valence-electron chi connectivity index (χ1n) is 11.9. The lowest BCUT2D eigenvalue weighted by molar-refractivity contribution is 0.104. The quantitative estimate of drug-likeness (QED) is 0.437. The fourth-order valence-corrected chi connectivity index (χ4v) is 5.98. The van der Waals surface area contributed by atoms with Crippen LogP contribution in [0.1, 0.15) is 101 Å². The molecule has 0 radical (unpaired) electrons. The van der Waals surface area contributed by atoms with Gasteiger partial charge in [-0.1, -0.05) is 98.0 Å². The molecule has 0 aliphatic heterocycles. The van der Waals surface area contributed by atoms with Crippen LogP contribution in [0.4, 0.5) is 0 Å². The van der Waals surface area contributed by atoms with Gasteiger partial charge in [0.1, 0.15) is 0 Å². The SMILES string of the molecule is CC1=CC(C)C(CC(C)(C)C)C(CC(C(C)C(C)C)C2CCCCC2C)=C1. The molecule has 6 atom stereocenters. The van der Waals surface area contributed by atoms with Crippen molar-refractivity contribution in [3.05, 3.63) is 23.3 Å². The molecule has 0 heterocycles. The summed E-state index contributed by atoms with van der Waals surface area (Å²) in [6, 6.07) is 0. The van der Waals surface area contributed by atoms with Gasteiger partial charge in [0, 0.05) is 0 Å². The molecule has 0 spiro atoms. The van der Waals surface area contributed by atoms with E-state index in [1.807, 2.05) is 0 Å². The van der Waals surface area contributed by atoms with E-state index in [4.69, 9.17) is 0 Å². The predicted molar refractivity (Wildman–Crippen MR) is 122 cm³/mol. The monoisotopic (exact) mass is 372 g/mol. The van der Waals surface area contributed by atoms with Crippen LogP contribution in [-0.2, 0) is 0 Å². The van der Waals surface area contributed by atoms with Crippen LogP contribution in [0.25, 0.3) is 0 Å². The Labute approximate surface area is 171 Å². The average molecular weight is 373 g/mol. The van der Waals surface area contributed by atoms with E-state index in [0.29, 0.717) is 11.3 Å². The maximum Gasteiger partial charge on any atom is -0.0134 e. The molecule has 0 N–H and O–H groups in total. The molecule has 2 rings (SSSR count). The third-order valence-electron chi connectivity index (χ3n) is 7.81. The van der Waals surface area contributed by atoms with Gasteiger partial charge in [-0.05, 0) is 73.0 Å². The summed E-state index contributed by atoms with van der Waals surface area (Å²) in [4.78, 5) is 0. The molecule has 1 saturated carbocycles. The van der Waals surface area contributed by atoms with Crippen molar-refractivity contribution in [2.75, 3.05) is 0 Å². The van der Waals surface area contributed by atoms with Crippen molar-refractivity contribution in [3.63, 3.8) is 0 Å². The molecule has 0 aromatic carbocycles. The molecule has 0 amide bonds. The summed E-state index contributed by atoms with van der Waals surface area (Å²) in [6.07, 6.45) is 13.6. The van der Waals surface area contributed by atoms with Gasteiger partial charge < -0.3 is 0 Å². The van der Waals surface area contributed by atoms with E-state index in [1.54, 1.807) is 5.57 Å². The smallest absolute Gasteiger partial charge is 0.0134 e. The lowest BCUT2D eigenvalue weighted by Crippen LogP contribution is -2.33. The van der Waals surface area contributed by atoms with Gasteiger partial charge in [-0.3, -0.25) is 0 Å². The van der Waals surface area contributed by atoms with Crippen molar-refractivity contribution in [1.29, 1.82) is 0 Å². The minimum atomic E-state index is 0.397. The third-order valence-corrected chi connectivity index (χ3v) is 7.81. The zero-order valence-electron chi connectivity index (χ0n) is 19.9. The van der Waals surface area contributed by atoms with Crippen molar-refractivity contribution in [1.82, 2.24) is 0 Å². The summed E-state index contributed by atoms with van der Waals surface area (Å²) < 4.78 is 0. The summed E-state index contributed by atoms with van der Waals surface area (Å²) in [5.41, 5.74) is 3.66. The number of allylic oxidation sites excluding steroid dienone is 4. The molecule has 1 fully saturated rings. The molecule has 0 nitrogen and oxygen atoms in total. The lowest BCUT2D eigenvalue weighted by Gasteiger charge is -2.43. The minimum absolute atomic E-state index is 0.397. The second kappa shape index (κ2) is 9.32. The van der Waals surface area contributed by atoms with Crippen LogP contribution in [0.15, 0.2) is 23.3 Å². The summed E-state index contributed by atoms with van der Waals surface area (Å²) in [5, 5.41) is 0. The largest absolute Gasteiger partial charge is 0.0782 e. The van der Waals surface area contributed by atoms with E-state index in [-0.39, 0.29) is 0 Å². The van der Waals surface area contributed by atoms with E-state index in [2.05, 4.69) is 74.5 Å². The van der Waals surface area contributed by atoms with Crippen molar-refractivity contribution in [3.8, 4) is 0 Å². The zero-order chi connectivity index (χ0) is 20.4. The van der Waals surface area contributed by atoms with Crippen LogP contribution < -0.4 is 0 Å². The van der Waals surface area contributed by atoms with E-state index in [1.165, 1.54) is 44.1 Å². The first-order valence-corrected chi connectivity index (χ1v) is 11.9. The van der Waals surface area contributed by atoms with Gasteiger partial charge in [0.25, 0.3) is 0 Å². The normalized spacial score (nSPS) is 32.1. The van der Waals surface area contributed by atoms with Crippen LogP contribution in [-0.4, -0.2) is 0 Å². The number of rotatable bonds is 6. The van der Waals surface area contributed by atoms with Crippen LogP contribution in [0.5, 0.6) is 0 Å². The van der Waals surface area contributed by atoms with Crippen molar-refractivity contribution < 1.29 is 0 Å². The molecule has 2 aliphatic carbocycles. The highest BCUT2D eigenvalue weighted by atomic mass is 14.4. The Morgan fingerprint density at radius 3 is 2.22 bits per heavy atom. The Kier molecular flexibility index (Phi) is 7.86. The highest BCUT2D eigenvalue weighted by molar-refractivity contribution is 5.30. The fraction of sp³-hybridized carbons (Fsp3) is 0.852. The van der Waals surface area contributed by atoms with Crippen LogP contribution >= 0.6 is 0 Å². The molecular formula is C27H48. The van der Waals surface area contributed by atoms with Crippen LogP contribution in [0, 0.1) is 46.8 Å². The summed E-state index contributed by atoms with van der Waals surface area (Å²) in [6.45, 7) is 22.0. The number of hydrogen-bond acceptors (Lipinski definition) is 0. The van der Waals surface area contributed by atoms with Crippen molar-refractivity contribution in [2.45, 2.75) is 101 Å². The van der Waals surface area contributed by atoms with Gasteiger partial charge in [-0.25, -0.2) is 0 Å². The second-order valence-corrected chi connectivity index (χ2v) is 11.8. The molecule has 0 saturated heterocycles. The van der Waals surface area contributed by atoms with E-state index >= 15 is 0 Å². The molecule has 0 aromatic rings. The standard InChI is InChI=1S/C27H48/c1-18(2)22(6)25(24-13-11-10-12-20(24)4)16-23-15-19(3)14-21(5)26(23)17-27(7,8)9/h14-15,18,20-22,24-26H,10-13,16-17H2,1-9H3. The third kappa shape index (κ3) is 6.23. The predicted octanol–water partition coefficient (Wildman–Crippen LogP) is 8.69. The van der Waals surface area contributed by atoms with E-state index < -0.39 is 0 Å². The molecule has 0 aromatic heterocycles. The first kappa shape index (κ1) is 22.8. The highest BCUT2D eigenvalue weighted by Crippen LogP contribution is 2.47. The maximum absolute atomic E-state index is 2.57. The lowest BCUT2D eigenvalue weighted by atomic mass is 9.63. The Balaban J connectivity index is 2.30. The number of hydrogen-bond donors (Lipinski definition) is 0. The van der Waals surface area contributed by atoms with E-state index in [0.717, 1.165) is 35.5 Å². The molecule has 2 aliphatic rings. The van der Waals surface area contributed by atoms with E-state index in [9.17, 15) is 0 Å². The second-order valence-electron chi connectivity index (χ2n) is 11.8. The minimum Gasteiger partial charge on any atom is -0.0782 e. The molecule has 27 heavy (non-hydrogen) atoms. The van der Waals surface area contributed by atoms with Gasteiger partial charge in [-0.2, -0.15) is 0 Å². The topological polar surface area (TPSA) is 0 Å². The maximum atomic E-state index is 2.57. The Morgan fingerprint density at radius 2 is 1.67 bits per heavy atom. The van der Waals surface area contributed by atoms with Gasteiger partial charge in [-0.15, -0.1) is 0 Å². The fourth-order valence-electron chi connectivity index (χ4n) is 5.98. The Hall–Kier alpha value is -0.520. The van der Waals surface area contributed by atoms with Crippen LogP contribution in [0.2, 0.25) is 0 Å². The summed E-state index contributed by atoms with van der Waals surface area (Å²) in [5.74, 6) is 5.69. The average Bonchev–Trinajstić information content (AvgIpc) is 2.54. The molecule has 6 unspecified atom stereocenters. The summed E-state index contributed by atoms with van der Waals surface area (Å²) in [7, 11) is 0. The molecule has 0 bridgehead atoms. The Morgan fingerprint density at radius 1 is 1.04 bits per heavy atom. The van der Waals surface area contributed by atoms with Crippen LogP contribution in [0.3, 0.4) is 0 Å². The summed E-state index contributed by atoms with van der Waals surface area (Å²) >= 11 is 0. The van der Waals surface area contributed by atoms with Gasteiger partial charge >= 0.3 is 0 Å². The highest BCUT2D eigenvalue weighted by Gasteiger charge is 2.36. The first-order chi connectivity index (χ1) is 12.5. The van der Waals surface area contributed by atoms with Gasteiger partial charge in [0.05, 0.1) is 0 Å². The Bertz CT molecular complexity index is 527. The van der Waals surface area contributed by atoms with Crippen molar-refractivity contribution in [2.24, 2.45) is 46.8 Å². The molecule has 0 heteroatoms. The van der Waals surface area contributed by atoms with Gasteiger partial charge in [0.2, 0.25) is 0 Å². The van der Waals surface area contributed by atoms with Crippen molar-refractivity contribution >= 4 is 0 Å². The van der Waals surface area contributed by atoms with Gasteiger partial charge in [0.15, 0.2) is 0 Å².